The second-order valence-corrected chi connectivity index (χ2v) is 5.82. The molecule has 23 heavy (non-hydrogen) atoms. The lowest BCUT2D eigenvalue weighted by Gasteiger charge is -2.05. The van der Waals surface area contributed by atoms with Crippen LogP contribution in [0, 0.1) is 6.92 Å². The highest BCUT2D eigenvalue weighted by Crippen LogP contribution is 2.21. The molecule has 0 saturated carbocycles. The molecule has 0 saturated heterocycles. The second kappa shape index (κ2) is 6.57. The number of nitrogens with zero attached hydrogens (tertiary/aromatic N) is 4. The van der Waals surface area contributed by atoms with Gasteiger partial charge < -0.3 is 9.88 Å². The van der Waals surface area contributed by atoms with Crippen LogP contribution in [0.25, 0.3) is 5.13 Å². The summed E-state index contributed by atoms with van der Waals surface area (Å²) in [7, 11) is 0. The highest BCUT2D eigenvalue weighted by molar-refractivity contribution is 7.16. The molecular formula is C15H15N5O2S. The molecule has 0 aromatic carbocycles. The minimum absolute atomic E-state index is 0.189. The van der Waals surface area contributed by atoms with Crippen LogP contribution in [-0.4, -0.2) is 31.8 Å². The Morgan fingerprint density at radius 1 is 1.30 bits per heavy atom. The third kappa shape index (κ3) is 3.37. The average Bonchev–Trinajstić information content (AvgIpc) is 3.18. The quantitative estimate of drug-likeness (QED) is 0.763. The zero-order valence-electron chi connectivity index (χ0n) is 12.5. The van der Waals surface area contributed by atoms with Crippen LogP contribution >= 0.6 is 11.3 Å². The first-order valence-corrected chi connectivity index (χ1v) is 7.88. The van der Waals surface area contributed by atoms with Crippen LogP contribution in [0.15, 0.2) is 47.7 Å². The minimum Gasteiger partial charge on any atom is -0.349 e. The highest BCUT2D eigenvalue weighted by atomic mass is 32.1. The summed E-state index contributed by atoms with van der Waals surface area (Å²) >= 11 is 1.33. The molecule has 3 aromatic heterocycles. The third-order valence-electron chi connectivity index (χ3n) is 3.21. The van der Waals surface area contributed by atoms with Crippen molar-refractivity contribution in [2.24, 2.45) is 0 Å². The van der Waals surface area contributed by atoms with Gasteiger partial charge in [0, 0.05) is 31.2 Å². The van der Waals surface area contributed by atoms with Crippen molar-refractivity contribution in [3.63, 3.8) is 0 Å². The molecule has 0 fully saturated rings. The number of aryl methyl sites for hydroxylation is 1. The maximum Gasteiger partial charge on any atom is 0.266 e. The van der Waals surface area contributed by atoms with Gasteiger partial charge in [-0.25, -0.2) is 9.67 Å². The number of thiazole rings is 1. The van der Waals surface area contributed by atoms with Crippen molar-refractivity contribution in [3.05, 3.63) is 63.8 Å². The van der Waals surface area contributed by atoms with Crippen molar-refractivity contribution in [2.45, 2.75) is 13.5 Å². The van der Waals surface area contributed by atoms with E-state index in [4.69, 9.17) is 0 Å². The molecule has 0 unspecified atom stereocenters. The normalized spacial score (nSPS) is 10.7. The Hall–Kier alpha value is -2.74. The van der Waals surface area contributed by atoms with Gasteiger partial charge in [-0.1, -0.05) is 11.3 Å². The summed E-state index contributed by atoms with van der Waals surface area (Å²) in [6.45, 7) is 2.46. The topological polar surface area (TPSA) is 81.8 Å². The Labute approximate surface area is 136 Å². The number of aromatic nitrogens is 4. The molecule has 0 radical (unpaired) electrons. The van der Waals surface area contributed by atoms with Gasteiger partial charge in [0.25, 0.3) is 11.5 Å². The molecule has 8 heteroatoms. The summed E-state index contributed by atoms with van der Waals surface area (Å²) in [5, 5.41) is 7.49. The monoisotopic (exact) mass is 329 g/mol. The van der Waals surface area contributed by atoms with Crippen molar-refractivity contribution >= 4 is 17.2 Å². The first kappa shape index (κ1) is 15.2. The lowest BCUT2D eigenvalue weighted by molar-refractivity contribution is 0.0955. The Morgan fingerprint density at radius 2 is 2.09 bits per heavy atom. The molecule has 0 spiro atoms. The number of nitrogens with one attached hydrogen (secondary N) is 1. The summed E-state index contributed by atoms with van der Waals surface area (Å²) in [5.41, 5.74) is 0.497. The Balaban J connectivity index is 1.65. The summed E-state index contributed by atoms with van der Waals surface area (Å²) < 4.78 is 3.17. The van der Waals surface area contributed by atoms with Crippen molar-refractivity contribution in [2.75, 3.05) is 6.54 Å². The molecule has 1 N–H and O–H groups in total. The van der Waals surface area contributed by atoms with Crippen LogP contribution in [-0.2, 0) is 6.54 Å². The number of carbonyl (C=O) groups is 1. The Morgan fingerprint density at radius 3 is 2.83 bits per heavy atom. The fraction of sp³-hybridized carbons (Fsp3) is 0.200. The SMILES string of the molecule is Cc1nc(-n2cccc2)sc1C(=O)NCCn1ncccc1=O. The van der Waals surface area contributed by atoms with E-state index in [0.717, 1.165) is 5.13 Å². The van der Waals surface area contributed by atoms with Gasteiger partial charge in [0.1, 0.15) is 4.88 Å². The molecule has 0 aliphatic heterocycles. The molecule has 3 heterocycles. The standard InChI is InChI=1S/C15H15N5O2S/c1-11-13(23-15(18-11)19-8-2-3-9-19)14(22)16-7-10-20-12(21)5-4-6-17-20/h2-6,8-9H,7,10H2,1H3,(H,16,22). The Kier molecular flexibility index (Phi) is 4.33. The maximum absolute atomic E-state index is 12.3. The first-order valence-electron chi connectivity index (χ1n) is 7.06. The number of rotatable bonds is 5. The van der Waals surface area contributed by atoms with Gasteiger partial charge in [0.2, 0.25) is 0 Å². The van der Waals surface area contributed by atoms with Gasteiger partial charge in [-0.3, -0.25) is 9.59 Å². The number of hydrogen-bond acceptors (Lipinski definition) is 5. The third-order valence-corrected chi connectivity index (χ3v) is 4.38. The van der Waals surface area contributed by atoms with Gasteiger partial charge >= 0.3 is 0 Å². The van der Waals surface area contributed by atoms with Gasteiger partial charge in [0.05, 0.1) is 12.2 Å². The molecule has 118 valence electrons. The largest absolute Gasteiger partial charge is 0.349 e. The van der Waals surface area contributed by atoms with E-state index in [2.05, 4.69) is 15.4 Å². The fourth-order valence-electron chi connectivity index (χ4n) is 2.08. The van der Waals surface area contributed by atoms with E-state index in [0.29, 0.717) is 23.7 Å². The highest BCUT2D eigenvalue weighted by Gasteiger charge is 2.15. The van der Waals surface area contributed by atoms with Crippen molar-refractivity contribution < 1.29 is 4.79 Å². The fourth-order valence-corrected chi connectivity index (χ4v) is 3.03. The smallest absolute Gasteiger partial charge is 0.266 e. The van der Waals surface area contributed by atoms with Crippen molar-refractivity contribution in [1.82, 2.24) is 24.6 Å². The summed E-state index contributed by atoms with van der Waals surface area (Å²) in [6, 6.07) is 6.83. The zero-order valence-corrected chi connectivity index (χ0v) is 13.3. The molecule has 3 aromatic rings. The van der Waals surface area contributed by atoms with Crippen LogP contribution in [0.5, 0.6) is 0 Å². The Bertz CT molecular complexity index is 866. The molecular weight excluding hydrogens is 314 g/mol. The van der Waals surface area contributed by atoms with E-state index >= 15 is 0 Å². The molecule has 7 nitrogen and oxygen atoms in total. The first-order chi connectivity index (χ1) is 11.1. The molecule has 0 atom stereocenters. The summed E-state index contributed by atoms with van der Waals surface area (Å²) in [4.78, 5) is 28.8. The van der Waals surface area contributed by atoms with Crippen LogP contribution in [0.1, 0.15) is 15.4 Å². The second-order valence-electron chi connectivity index (χ2n) is 4.84. The maximum atomic E-state index is 12.3. The van der Waals surface area contributed by atoms with E-state index in [1.807, 2.05) is 36.0 Å². The molecule has 0 aliphatic carbocycles. The zero-order chi connectivity index (χ0) is 16.2. The number of carbonyl (C=O) groups excluding carboxylic acids is 1. The van der Waals surface area contributed by atoms with Gasteiger partial charge in [-0.05, 0) is 25.1 Å². The van der Waals surface area contributed by atoms with Crippen LogP contribution in [0.4, 0.5) is 0 Å². The van der Waals surface area contributed by atoms with E-state index in [1.165, 1.54) is 22.1 Å². The van der Waals surface area contributed by atoms with Gasteiger partial charge in [-0.15, -0.1) is 0 Å². The summed E-state index contributed by atoms with van der Waals surface area (Å²) in [6.07, 6.45) is 5.31. The number of hydrogen-bond donors (Lipinski definition) is 1. The van der Waals surface area contributed by atoms with Gasteiger partial charge in [0.15, 0.2) is 5.13 Å². The lowest BCUT2D eigenvalue weighted by Crippen LogP contribution is -2.31. The van der Waals surface area contributed by atoms with E-state index in [-0.39, 0.29) is 11.5 Å². The van der Waals surface area contributed by atoms with Gasteiger partial charge in [-0.2, -0.15) is 5.10 Å². The molecule has 3 rings (SSSR count). The predicted molar refractivity (Wildman–Crippen MR) is 87.0 cm³/mol. The minimum atomic E-state index is -0.192. The lowest BCUT2D eigenvalue weighted by atomic mass is 10.4. The molecule has 1 amide bonds. The average molecular weight is 329 g/mol. The predicted octanol–water partition coefficient (Wildman–Crippen LogP) is 1.23. The van der Waals surface area contributed by atoms with Crippen LogP contribution in [0.3, 0.4) is 0 Å². The van der Waals surface area contributed by atoms with E-state index in [1.54, 1.807) is 12.3 Å². The van der Waals surface area contributed by atoms with Crippen molar-refractivity contribution in [1.29, 1.82) is 0 Å². The van der Waals surface area contributed by atoms with E-state index in [9.17, 15) is 9.59 Å². The van der Waals surface area contributed by atoms with Crippen LogP contribution < -0.4 is 10.9 Å². The number of amides is 1. The molecule has 0 bridgehead atoms. The summed E-state index contributed by atoms with van der Waals surface area (Å²) in [5.74, 6) is -0.192. The molecule has 0 aliphatic rings. The van der Waals surface area contributed by atoms with E-state index < -0.39 is 0 Å². The van der Waals surface area contributed by atoms with Crippen molar-refractivity contribution in [3.8, 4) is 5.13 Å². The van der Waals surface area contributed by atoms with Crippen LogP contribution in [0.2, 0.25) is 0 Å².